The second-order valence-corrected chi connectivity index (χ2v) is 13.4. The Morgan fingerprint density at radius 1 is 0.559 bits per heavy atom. The van der Waals surface area contributed by atoms with Crippen molar-refractivity contribution in [3.05, 3.63) is 88.5 Å². The average Bonchev–Trinajstić information content (AvgIpc) is 3.13. The summed E-state index contributed by atoms with van der Waals surface area (Å²) in [6.45, 7) is 20.7. The van der Waals surface area contributed by atoms with E-state index in [1.54, 1.807) is 5.57 Å². The zero-order chi connectivity index (χ0) is 24.9. The van der Waals surface area contributed by atoms with Crippen LogP contribution < -0.4 is 0 Å². The first-order valence-corrected chi connectivity index (χ1v) is 12.8. The molecule has 0 heterocycles. The number of allylic oxidation sites excluding steroid dienone is 1. The number of hydrogen-bond acceptors (Lipinski definition) is 0. The van der Waals surface area contributed by atoms with Gasteiger partial charge in [0.2, 0.25) is 0 Å². The molecule has 0 spiro atoms. The summed E-state index contributed by atoms with van der Waals surface area (Å²) < 4.78 is 0. The molecule has 0 N–H and O–H groups in total. The molecule has 0 radical (unpaired) electrons. The van der Waals surface area contributed by atoms with Crippen LogP contribution in [0.15, 0.2) is 66.2 Å². The molecule has 0 atom stereocenters. The molecule has 0 unspecified atom stereocenters. The molecule has 0 aromatic heterocycles. The monoisotopic (exact) mass is 450 g/mol. The third-order valence-electron chi connectivity index (χ3n) is 6.99. The quantitative estimate of drug-likeness (QED) is 0.372. The van der Waals surface area contributed by atoms with Crippen molar-refractivity contribution in [3.8, 4) is 22.3 Å². The van der Waals surface area contributed by atoms with Crippen molar-refractivity contribution in [2.45, 2.75) is 86.0 Å². The Kier molecular flexibility index (Phi) is 6.17. The SMILES string of the molecule is CC(C)(C)CC1=Cc2c(-c3ccc(C(C)(C)C)cc3)ccc(-c3ccc(C(C)(C)C)cc3)c2C1. The van der Waals surface area contributed by atoms with Crippen LogP contribution in [0.25, 0.3) is 28.3 Å². The van der Waals surface area contributed by atoms with Gasteiger partial charge in [0.05, 0.1) is 0 Å². The smallest absolute Gasteiger partial charge is 0.00512 e. The number of benzene rings is 3. The first-order chi connectivity index (χ1) is 15.7. The molecule has 0 bridgehead atoms. The van der Waals surface area contributed by atoms with E-state index in [1.165, 1.54) is 44.5 Å². The van der Waals surface area contributed by atoms with E-state index in [4.69, 9.17) is 0 Å². The molecule has 1 aliphatic carbocycles. The van der Waals surface area contributed by atoms with E-state index >= 15 is 0 Å². The topological polar surface area (TPSA) is 0 Å². The highest BCUT2D eigenvalue weighted by Gasteiger charge is 2.24. The number of hydrogen-bond donors (Lipinski definition) is 0. The lowest BCUT2D eigenvalue weighted by atomic mass is 9.84. The van der Waals surface area contributed by atoms with Crippen LogP contribution in [0.2, 0.25) is 0 Å². The Bertz CT molecular complexity index is 1200. The number of fused-ring (bicyclic) bond motifs is 1. The Morgan fingerprint density at radius 2 is 1.00 bits per heavy atom. The fourth-order valence-electron chi connectivity index (χ4n) is 5.12. The van der Waals surface area contributed by atoms with Gasteiger partial charge in [0.1, 0.15) is 0 Å². The molecule has 1 aliphatic rings. The molecule has 0 heteroatoms. The Labute approximate surface area is 208 Å². The maximum absolute atomic E-state index is 2.49. The first-order valence-electron chi connectivity index (χ1n) is 12.8. The third kappa shape index (κ3) is 5.22. The molecule has 0 nitrogen and oxygen atoms in total. The lowest BCUT2D eigenvalue weighted by Gasteiger charge is -2.21. The summed E-state index contributed by atoms with van der Waals surface area (Å²) in [6.07, 6.45) is 4.67. The van der Waals surface area contributed by atoms with Gasteiger partial charge in [-0.3, -0.25) is 0 Å². The molecular weight excluding hydrogens is 408 g/mol. The summed E-state index contributed by atoms with van der Waals surface area (Å²) in [4.78, 5) is 0. The second kappa shape index (κ2) is 8.56. The Hall–Kier alpha value is -2.60. The minimum atomic E-state index is 0.170. The molecule has 3 aromatic rings. The van der Waals surface area contributed by atoms with E-state index in [-0.39, 0.29) is 16.2 Å². The van der Waals surface area contributed by atoms with Gasteiger partial charge in [-0.2, -0.15) is 0 Å². The van der Waals surface area contributed by atoms with Crippen LogP contribution in [0.3, 0.4) is 0 Å². The minimum Gasteiger partial charge on any atom is -0.0646 e. The molecule has 0 saturated carbocycles. The van der Waals surface area contributed by atoms with Crippen molar-refractivity contribution < 1.29 is 0 Å². The molecular formula is C34H42. The summed E-state index contributed by atoms with van der Waals surface area (Å²) in [7, 11) is 0. The Morgan fingerprint density at radius 3 is 1.44 bits per heavy atom. The predicted molar refractivity (Wildman–Crippen MR) is 150 cm³/mol. The van der Waals surface area contributed by atoms with Gasteiger partial charge in [-0.15, -0.1) is 0 Å². The van der Waals surface area contributed by atoms with Gasteiger partial charge in [-0.25, -0.2) is 0 Å². The average molecular weight is 451 g/mol. The van der Waals surface area contributed by atoms with Gasteiger partial charge >= 0.3 is 0 Å². The van der Waals surface area contributed by atoms with Crippen molar-refractivity contribution in [3.63, 3.8) is 0 Å². The molecule has 0 saturated heterocycles. The van der Waals surface area contributed by atoms with E-state index in [2.05, 4.69) is 129 Å². The number of rotatable bonds is 3. The first kappa shape index (κ1) is 24.5. The van der Waals surface area contributed by atoms with E-state index < -0.39 is 0 Å². The van der Waals surface area contributed by atoms with Crippen LogP contribution in [-0.2, 0) is 17.3 Å². The highest BCUT2D eigenvalue weighted by Crippen LogP contribution is 2.43. The molecule has 0 amide bonds. The fourth-order valence-corrected chi connectivity index (χ4v) is 5.12. The van der Waals surface area contributed by atoms with Crippen LogP contribution >= 0.6 is 0 Å². The van der Waals surface area contributed by atoms with E-state index in [0.29, 0.717) is 0 Å². The van der Waals surface area contributed by atoms with Crippen LogP contribution in [-0.4, -0.2) is 0 Å². The summed E-state index contributed by atoms with van der Waals surface area (Å²) in [5, 5.41) is 0. The molecule has 3 aromatic carbocycles. The highest BCUT2D eigenvalue weighted by molar-refractivity contribution is 5.87. The lowest BCUT2D eigenvalue weighted by Crippen LogP contribution is -2.10. The normalized spacial score (nSPS) is 14.2. The zero-order valence-electron chi connectivity index (χ0n) is 22.8. The van der Waals surface area contributed by atoms with E-state index in [0.717, 1.165) is 12.8 Å². The Balaban J connectivity index is 1.80. The van der Waals surface area contributed by atoms with Crippen LogP contribution in [0, 0.1) is 5.41 Å². The fraction of sp³-hybridized carbons (Fsp3) is 0.412. The van der Waals surface area contributed by atoms with Crippen molar-refractivity contribution in [1.82, 2.24) is 0 Å². The summed E-state index contributed by atoms with van der Waals surface area (Å²) in [6, 6.07) is 23.2. The minimum absolute atomic E-state index is 0.170. The standard InChI is InChI=1S/C34H42/c1-32(2,3)22-23-20-30-28(24-10-14-26(15-11-24)33(4,5)6)18-19-29(31(30)21-23)25-12-16-27(17-13-25)34(7,8)9/h10-20H,21-22H2,1-9H3. The maximum Gasteiger partial charge on any atom is -0.00512 e. The molecule has 178 valence electrons. The van der Waals surface area contributed by atoms with Gasteiger partial charge in [0.15, 0.2) is 0 Å². The van der Waals surface area contributed by atoms with Crippen molar-refractivity contribution >= 4 is 6.08 Å². The maximum atomic E-state index is 2.49. The second-order valence-electron chi connectivity index (χ2n) is 13.4. The van der Waals surface area contributed by atoms with Gasteiger partial charge in [-0.1, -0.05) is 135 Å². The molecule has 0 aliphatic heterocycles. The van der Waals surface area contributed by atoms with Gasteiger partial charge in [-0.05, 0) is 73.6 Å². The molecule has 0 fully saturated rings. The van der Waals surface area contributed by atoms with Gasteiger partial charge in [0, 0.05) is 0 Å². The van der Waals surface area contributed by atoms with Gasteiger partial charge in [0.25, 0.3) is 0 Å². The van der Waals surface area contributed by atoms with Crippen molar-refractivity contribution in [2.75, 3.05) is 0 Å². The highest BCUT2D eigenvalue weighted by atomic mass is 14.3. The predicted octanol–water partition coefficient (Wildman–Crippen LogP) is 9.99. The summed E-state index contributed by atoms with van der Waals surface area (Å²) >= 11 is 0. The summed E-state index contributed by atoms with van der Waals surface area (Å²) in [5.41, 5.74) is 13.2. The van der Waals surface area contributed by atoms with Crippen LogP contribution in [0.5, 0.6) is 0 Å². The largest absolute Gasteiger partial charge is 0.0646 e. The lowest BCUT2D eigenvalue weighted by molar-refractivity contribution is 0.408. The molecule has 4 rings (SSSR count). The van der Waals surface area contributed by atoms with Crippen LogP contribution in [0.4, 0.5) is 0 Å². The van der Waals surface area contributed by atoms with Crippen LogP contribution in [0.1, 0.15) is 91.0 Å². The van der Waals surface area contributed by atoms with Crippen molar-refractivity contribution in [2.24, 2.45) is 5.41 Å². The zero-order valence-corrected chi connectivity index (χ0v) is 22.8. The van der Waals surface area contributed by atoms with E-state index in [9.17, 15) is 0 Å². The van der Waals surface area contributed by atoms with Crippen molar-refractivity contribution in [1.29, 1.82) is 0 Å². The third-order valence-corrected chi connectivity index (χ3v) is 6.99. The summed E-state index contributed by atoms with van der Waals surface area (Å²) in [5.74, 6) is 0. The van der Waals surface area contributed by atoms with Gasteiger partial charge < -0.3 is 0 Å². The molecule has 34 heavy (non-hydrogen) atoms. The van der Waals surface area contributed by atoms with E-state index in [1.807, 2.05) is 0 Å².